The Morgan fingerprint density at radius 3 is 2.67 bits per heavy atom. The van der Waals surface area contributed by atoms with Crippen molar-refractivity contribution in [3.63, 3.8) is 0 Å². The summed E-state index contributed by atoms with van der Waals surface area (Å²) >= 11 is 5.90. The second-order valence-corrected chi connectivity index (χ2v) is 9.06. The number of aliphatic hydroxyl groups excluding tert-OH is 1. The molecule has 33 heavy (non-hydrogen) atoms. The number of fused-ring (bicyclic) bond motifs is 1. The van der Waals surface area contributed by atoms with Gasteiger partial charge in [-0.05, 0) is 75.1 Å². The molecule has 5 rings (SSSR count). The van der Waals surface area contributed by atoms with Crippen LogP contribution in [0, 0.1) is 12.1 Å². The molecule has 2 unspecified atom stereocenters. The van der Waals surface area contributed by atoms with Crippen LogP contribution in [0.1, 0.15) is 18.2 Å². The molecule has 2 heterocycles. The standard InChI is InChI=1S/C26H26ClN5O/c1-31(2)22-13-14-32(16-22)21-10-8-20(9-11-21)28-26(33)18-5-12-23-24(15-18)30-25(29-23)17-3-6-19(27)7-4-17/h3,5-6,8-12,15,22,26,28,33H,13-14,16H2,1-2H3,(H,29,30). The topological polar surface area (TPSA) is 67.4 Å². The van der Waals surface area contributed by atoms with Crippen molar-refractivity contribution in [3.8, 4) is 11.4 Å². The molecule has 7 heteroatoms. The van der Waals surface area contributed by atoms with Crippen molar-refractivity contribution in [1.29, 1.82) is 0 Å². The summed E-state index contributed by atoms with van der Waals surface area (Å²) in [6, 6.07) is 24.0. The first-order valence-corrected chi connectivity index (χ1v) is 11.4. The van der Waals surface area contributed by atoms with E-state index in [1.165, 1.54) is 12.1 Å². The van der Waals surface area contributed by atoms with E-state index < -0.39 is 6.23 Å². The van der Waals surface area contributed by atoms with Gasteiger partial charge in [-0.15, -0.1) is 0 Å². The van der Waals surface area contributed by atoms with Gasteiger partial charge in [0.15, 0.2) is 6.23 Å². The summed E-state index contributed by atoms with van der Waals surface area (Å²) in [4.78, 5) is 12.6. The van der Waals surface area contributed by atoms with Crippen LogP contribution in [0.5, 0.6) is 0 Å². The number of hydrogen-bond acceptors (Lipinski definition) is 5. The number of likely N-dealkylation sites (N-methyl/N-ethyl adjacent to an activating group) is 1. The average molecular weight is 460 g/mol. The van der Waals surface area contributed by atoms with Crippen molar-refractivity contribution in [2.24, 2.45) is 0 Å². The third-order valence-corrected chi connectivity index (χ3v) is 6.44. The molecule has 0 saturated carbocycles. The molecule has 1 aromatic heterocycles. The van der Waals surface area contributed by atoms with Gasteiger partial charge in [0.1, 0.15) is 5.82 Å². The lowest BCUT2D eigenvalue weighted by Gasteiger charge is -2.22. The minimum atomic E-state index is -0.840. The predicted molar refractivity (Wildman–Crippen MR) is 134 cm³/mol. The van der Waals surface area contributed by atoms with Gasteiger partial charge >= 0.3 is 0 Å². The van der Waals surface area contributed by atoms with Gasteiger partial charge in [0.25, 0.3) is 0 Å². The van der Waals surface area contributed by atoms with Gasteiger partial charge < -0.3 is 25.2 Å². The molecule has 0 radical (unpaired) electrons. The number of rotatable bonds is 6. The number of H-pyrrole nitrogens is 1. The highest BCUT2D eigenvalue weighted by atomic mass is 35.5. The zero-order valence-electron chi connectivity index (χ0n) is 18.6. The Kier molecular flexibility index (Phi) is 5.86. The maximum atomic E-state index is 10.8. The quantitative estimate of drug-likeness (QED) is 0.364. The van der Waals surface area contributed by atoms with Crippen LogP contribution < -0.4 is 10.2 Å². The molecule has 1 fully saturated rings. The molecule has 3 N–H and O–H groups in total. The van der Waals surface area contributed by atoms with Crippen LogP contribution >= 0.6 is 11.6 Å². The third kappa shape index (κ3) is 4.62. The van der Waals surface area contributed by atoms with Crippen LogP contribution in [0.25, 0.3) is 22.4 Å². The average Bonchev–Trinajstić information content (AvgIpc) is 3.47. The summed E-state index contributed by atoms with van der Waals surface area (Å²) in [6.07, 6.45) is 0.338. The van der Waals surface area contributed by atoms with Gasteiger partial charge in [-0.25, -0.2) is 4.98 Å². The van der Waals surface area contributed by atoms with E-state index in [4.69, 9.17) is 11.6 Å². The number of imidazole rings is 1. The first kappa shape index (κ1) is 21.6. The Hall–Kier alpha value is -3.24. The highest BCUT2D eigenvalue weighted by Crippen LogP contribution is 2.27. The van der Waals surface area contributed by atoms with Gasteiger partial charge in [0, 0.05) is 36.1 Å². The van der Waals surface area contributed by atoms with Crippen molar-refractivity contribution < 1.29 is 5.11 Å². The highest BCUT2D eigenvalue weighted by molar-refractivity contribution is 6.30. The lowest BCUT2D eigenvalue weighted by Crippen LogP contribution is -2.31. The minimum Gasteiger partial charge on any atom is -0.370 e. The number of nitrogens with one attached hydrogen (secondary N) is 2. The van der Waals surface area contributed by atoms with Gasteiger partial charge in [-0.1, -0.05) is 23.7 Å². The van der Waals surface area contributed by atoms with Crippen LogP contribution in [0.4, 0.5) is 11.4 Å². The monoisotopic (exact) mass is 459 g/mol. The fourth-order valence-corrected chi connectivity index (χ4v) is 4.35. The lowest BCUT2D eigenvalue weighted by molar-refractivity contribution is 0.208. The van der Waals surface area contributed by atoms with Gasteiger partial charge in [-0.2, -0.15) is 0 Å². The summed E-state index contributed by atoms with van der Waals surface area (Å²) < 4.78 is 0. The molecule has 0 spiro atoms. The largest absolute Gasteiger partial charge is 0.370 e. The Morgan fingerprint density at radius 1 is 1.15 bits per heavy atom. The summed E-state index contributed by atoms with van der Waals surface area (Å²) in [5.74, 6) is 0.687. The van der Waals surface area contributed by atoms with Crippen LogP contribution in [0.15, 0.2) is 54.6 Å². The van der Waals surface area contributed by atoms with Crippen LogP contribution in [-0.2, 0) is 0 Å². The zero-order valence-corrected chi connectivity index (χ0v) is 19.4. The van der Waals surface area contributed by atoms with Crippen molar-refractivity contribution in [1.82, 2.24) is 14.9 Å². The van der Waals surface area contributed by atoms with Gasteiger partial charge in [0.2, 0.25) is 0 Å². The van der Waals surface area contributed by atoms with E-state index >= 15 is 0 Å². The number of anilines is 2. The molecule has 168 valence electrons. The second-order valence-electron chi connectivity index (χ2n) is 8.65. The minimum absolute atomic E-state index is 0.512. The van der Waals surface area contributed by atoms with Gasteiger partial charge in [0.05, 0.1) is 21.6 Å². The van der Waals surface area contributed by atoms with E-state index in [-0.39, 0.29) is 0 Å². The van der Waals surface area contributed by atoms with E-state index in [0.29, 0.717) is 16.9 Å². The Morgan fingerprint density at radius 2 is 1.97 bits per heavy atom. The van der Waals surface area contributed by atoms with E-state index in [2.05, 4.69) is 63.4 Å². The van der Waals surface area contributed by atoms with Crippen LogP contribution in [0.2, 0.25) is 5.02 Å². The SMILES string of the molecule is CN(C)C1CCN(c2ccc(NC(O)c3ccc4nc(-c5c#cc(Cl)cc5)[nH]c4c3)cc2)C1. The number of nitrogens with zero attached hydrogens (tertiary/aromatic N) is 3. The molecule has 2 atom stereocenters. The van der Waals surface area contributed by atoms with Crippen molar-refractivity contribution in [3.05, 3.63) is 77.3 Å². The summed E-state index contributed by atoms with van der Waals surface area (Å²) in [5, 5.41) is 14.5. The van der Waals surface area contributed by atoms with Gasteiger partial charge in [-0.3, -0.25) is 0 Å². The van der Waals surface area contributed by atoms with E-state index in [1.807, 2.05) is 36.4 Å². The van der Waals surface area contributed by atoms with Crippen LogP contribution in [0.3, 0.4) is 0 Å². The first-order valence-electron chi connectivity index (χ1n) is 11.0. The third-order valence-electron chi connectivity index (χ3n) is 6.22. The molecule has 0 aliphatic carbocycles. The molecule has 6 nitrogen and oxygen atoms in total. The van der Waals surface area contributed by atoms with Crippen molar-refractivity contribution in [2.45, 2.75) is 18.7 Å². The number of halogens is 1. The number of aliphatic hydroxyl groups is 1. The van der Waals surface area contributed by atoms with E-state index in [0.717, 1.165) is 40.9 Å². The molecule has 1 aliphatic rings. The number of benzene rings is 2. The Bertz CT molecular complexity index is 1240. The maximum Gasteiger partial charge on any atom is 0.150 e. The van der Waals surface area contributed by atoms with Crippen molar-refractivity contribution >= 4 is 34.0 Å². The molecule has 4 aromatic rings. The molecule has 3 aromatic carbocycles. The highest BCUT2D eigenvalue weighted by Gasteiger charge is 2.24. The number of aromatic amines is 1. The fourth-order valence-electron chi connectivity index (χ4n) is 4.24. The van der Waals surface area contributed by atoms with Crippen LogP contribution in [-0.4, -0.2) is 53.2 Å². The normalized spacial score (nSPS) is 16.9. The Balaban J connectivity index is 1.28. The molecule has 1 aliphatic heterocycles. The number of aromatic nitrogens is 2. The predicted octanol–water partition coefficient (Wildman–Crippen LogP) is 4.73. The molecular formula is C26H26ClN5O. The zero-order chi connectivity index (χ0) is 22.9. The smallest absolute Gasteiger partial charge is 0.150 e. The van der Waals surface area contributed by atoms with Crippen molar-refractivity contribution in [2.75, 3.05) is 37.4 Å². The summed E-state index contributed by atoms with van der Waals surface area (Å²) in [7, 11) is 4.28. The Labute approximate surface area is 198 Å². The second kappa shape index (κ2) is 8.95. The molecule has 0 bridgehead atoms. The summed E-state index contributed by atoms with van der Waals surface area (Å²) in [6.45, 7) is 2.11. The van der Waals surface area contributed by atoms with E-state index in [1.54, 1.807) is 6.07 Å². The maximum absolute atomic E-state index is 10.8. The molecular weight excluding hydrogens is 434 g/mol. The first-order chi connectivity index (χ1) is 16.0. The fraction of sp³-hybridized carbons (Fsp3) is 0.269. The number of hydrogen-bond donors (Lipinski definition) is 3. The molecule has 0 amide bonds. The lowest BCUT2D eigenvalue weighted by atomic mass is 10.1. The molecule has 1 saturated heterocycles. The van der Waals surface area contributed by atoms with E-state index in [9.17, 15) is 5.11 Å². The summed E-state index contributed by atoms with van der Waals surface area (Å²) in [5.41, 5.74) is 5.27.